The van der Waals surface area contributed by atoms with Gasteiger partial charge < -0.3 is 15.4 Å². The van der Waals surface area contributed by atoms with Crippen LogP contribution in [0, 0.1) is 0 Å². The summed E-state index contributed by atoms with van der Waals surface area (Å²) in [5, 5.41) is 12.1. The molecule has 0 unspecified atom stereocenters. The molecule has 8 heteroatoms. The molecule has 0 radical (unpaired) electrons. The molecule has 27 heavy (non-hydrogen) atoms. The van der Waals surface area contributed by atoms with Gasteiger partial charge in [-0.25, -0.2) is 14.2 Å². The molecule has 3 N–H and O–H groups in total. The Morgan fingerprint density at radius 3 is 2.33 bits per heavy atom. The second-order valence-corrected chi connectivity index (χ2v) is 6.02. The van der Waals surface area contributed by atoms with Crippen molar-refractivity contribution in [2.24, 2.45) is 0 Å². The molecule has 0 saturated heterocycles. The summed E-state index contributed by atoms with van der Waals surface area (Å²) in [5.41, 5.74) is -0.620. The van der Waals surface area contributed by atoms with Crippen LogP contribution in [-0.2, 0) is 9.59 Å². The number of carboxylic acids is 1. The molecule has 2 aromatic carbocycles. The van der Waals surface area contributed by atoms with Crippen LogP contribution in [0.2, 0.25) is 0 Å². The highest BCUT2D eigenvalue weighted by molar-refractivity contribution is 5.87. The second-order valence-electron chi connectivity index (χ2n) is 6.02. The van der Waals surface area contributed by atoms with Crippen LogP contribution in [0.15, 0.2) is 64.2 Å². The lowest BCUT2D eigenvalue weighted by molar-refractivity contribution is -0.142. The highest BCUT2D eigenvalue weighted by Crippen LogP contribution is 2.14. The number of amides is 1. The zero-order chi connectivity index (χ0) is 19.6. The van der Waals surface area contributed by atoms with Gasteiger partial charge in [0.1, 0.15) is 6.04 Å². The fraction of sp³-hybridized carbons (Fsp3) is 0.158. The molecular weight excluding hydrogens is 350 g/mol. The monoisotopic (exact) mass is 367 g/mol. The Hall–Kier alpha value is -3.68. The molecule has 1 amide bonds. The Morgan fingerprint density at radius 2 is 1.67 bits per heavy atom. The van der Waals surface area contributed by atoms with E-state index >= 15 is 0 Å². The van der Waals surface area contributed by atoms with Crippen molar-refractivity contribution < 1.29 is 14.7 Å². The number of carboxylic acid groups (broad SMARTS) is 1. The summed E-state index contributed by atoms with van der Waals surface area (Å²) in [7, 11) is 0. The third-order valence-electron chi connectivity index (χ3n) is 4.27. The fourth-order valence-corrected chi connectivity index (χ4v) is 2.84. The first-order chi connectivity index (χ1) is 12.9. The Bertz CT molecular complexity index is 1120. The van der Waals surface area contributed by atoms with Crippen molar-refractivity contribution >= 4 is 22.8 Å². The molecular formula is C19H17N3O5. The van der Waals surface area contributed by atoms with Crippen molar-refractivity contribution in [1.82, 2.24) is 14.9 Å². The maximum absolute atomic E-state index is 12.6. The van der Waals surface area contributed by atoms with E-state index < -0.39 is 35.2 Å². The normalized spacial score (nSPS) is 13.1. The molecule has 0 aliphatic rings. The number of aliphatic carboxylic acids is 1. The van der Waals surface area contributed by atoms with E-state index in [-0.39, 0.29) is 5.39 Å². The molecule has 1 heterocycles. The minimum atomic E-state index is -1.30. The quantitative estimate of drug-likeness (QED) is 0.625. The number of nitrogens with zero attached hydrogens (tertiary/aromatic N) is 1. The topological polar surface area (TPSA) is 121 Å². The Kier molecular flexibility index (Phi) is 4.89. The van der Waals surface area contributed by atoms with Crippen LogP contribution in [0.3, 0.4) is 0 Å². The predicted molar refractivity (Wildman–Crippen MR) is 98.5 cm³/mol. The van der Waals surface area contributed by atoms with Crippen molar-refractivity contribution in [3.8, 4) is 0 Å². The lowest BCUT2D eigenvalue weighted by atomic mass is 10.1. The number of hydrogen-bond donors (Lipinski definition) is 3. The van der Waals surface area contributed by atoms with Crippen molar-refractivity contribution in [2.45, 2.75) is 19.0 Å². The summed E-state index contributed by atoms with van der Waals surface area (Å²) in [5.74, 6) is -2.00. The summed E-state index contributed by atoms with van der Waals surface area (Å²) in [6.07, 6.45) is 0. The van der Waals surface area contributed by atoms with E-state index in [0.717, 1.165) is 4.57 Å². The zero-order valence-corrected chi connectivity index (χ0v) is 14.4. The van der Waals surface area contributed by atoms with Crippen LogP contribution in [0.5, 0.6) is 0 Å². The Morgan fingerprint density at radius 1 is 1.04 bits per heavy atom. The SMILES string of the molecule is C[C@@H](C(=O)N[C@@H](C(=O)O)c1ccccc1)n1c(=O)[nH]c2ccccc2c1=O. The van der Waals surface area contributed by atoms with Gasteiger partial charge in [0.25, 0.3) is 5.56 Å². The molecule has 0 bridgehead atoms. The average Bonchev–Trinajstić information content (AvgIpc) is 2.66. The van der Waals surface area contributed by atoms with Crippen molar-refractivity contribution in [2.75, 3.05) is 0 Å². The minimum absolute atomic E-state index is 0.259. The van der Waals surface area contributed by atoms with Gasteiger partial charge in [-0.2, -0.15) is 0 Å². The van der Waals surface area contributed by atoms with E-state index in [1.54, 1.807) is 54.6 Å². The van der Waals surface area contributed by atoms with Gasteiger partial charge in [0.2, 0.25) is 5.91 Å². The molecule has 3 rings (SSSR count). The summed E-state index contributed by atoms with van der Waals surface area (Å²) < 4.78 is 0.779. The number of carbonyl (C=O) groups is 2. The number of fused-ring (bicyclic) bond motifs is 1. The maximum Gasteiger partial charge on any atom is 0.330 e. The first-order valence-electron chi connectivity index (χ1n) is 8.22. The van der Waals surface area contributed by atoms with Crippen molar-refractivity contribution in [3.63, 3.8) is 0 Å². The molecule has 0 fully saturated rings. The van der Waals surface area contributed by atoms with E-state index in [2.05, 4.69) is 10.3 Å². The summed E-state index contributed by atoms with van der Waals surface area (Å²) in [6, 6.07) is 12.1. The van der Waals surface area contributed by atoms with Crippen LogP contribution >= 0.6 is 0 Å². The maximum atomic E-state index is 12.6. The lowest BCUT2D eigenvalue weighted by Crippen LogP contribution is -2.45. The second kappa shape index (κ2) is 7.28. The average molecular weight is 367 g/mol. The van der Waals surface area contributed by atoms with E-state index in [9.17, 15) is 24.3 Å². The van der Waals surface area contributed by atoms with Gasteiger partial charge in [0.05, 0.1) is 10.9 Å². The highest BCUT2D eigenvalue weighted by Gasteiger charge is 2.27. The first-order valence-corrected chi connectivity index (χ1v) is 8.22. The largest absolute Gasteiger partial charge is 0.479 e. The summed E-state index contributed by atoms with van der Waals surface area (Å²) >= 11 is 0. The number of benzene rings is 2. The molecule has 1 aromatic heterocycles. The number of aromatic nitrogens is 2. The summed E-state index contributed by atoms with van der Waals surface area (Å²) in [4.78, 5) is 51.6. The third kappa shape index (κ3) is 3.50. The number of aromatic amines is 1. The van der Waals surface area contributed by atoms with Crippen LogP contribution in [0.4, 0.5) is 0 Å². The first kappa shape index (κ1) is 18.1. The zero-order valence-electron chi connectivity index (χ0n) is 14.4. The van der Waals surface area contributed by atoms with Gasteiger partial charge in [0.15, 0.2) is 6.04 Å². The number of rotatable bonds is 5. The number of para-hydroxylation sites is 1. The number of H-pyrrole nitrogens is 1. The molecule has 0 aliphatic heterocycles. The smallest absolute Gasteiger partial charge is 0.330 e. The highest BCUT2D eigenvalue weighted by atomic mass is 16.4. The van der Waals surface area contributed by atoms with E-state index in [1.807, 2.05) is 0 Å². The Labute approximate surface area is 153 Å². The van der Waals surface area contributed by atoms with Crippen molar-refractivity contribution in [3.05, 3.63) is 81.0 Å². The van der Waals surface area contributed by atoms with Crippen LogP contribution in [0.1, 0.15) is 24.6 Å². The van der Waals surface area contributed by atoms with Gasteiger partial charge in [-0.15, -0.1) is 0 Å². The minimum Gasteiger partial charge on any atom is -0.479 e. The van der Waals surface area contributed by atoms with Gasteiger partial charge in [0, 0.05) is 0 Å². The van der Waals surface area contributed by atoms with Gasteiger partial charge in [-0.05, 0) is 24.6 Å². The molecule has 2 atom stereocenters. The van der Waals surface area contributed by atoms with E-state index in [0.29, 0.717) is 11.1 Å². The number of nitrogens with one attached hydrogen (secondary N) is 2. The van der Waals surface area contributed by atoms with Gasteiger partial charge in [-0.3, -0.25) is 9.59 Å². The standard InChI is InChI=1S/C19H17N3O5/c1-11(16(23)21-15(18(25)26)12-7-3-2-4-8-12)22-17(24)13-9-5-6-10-14(13)20-19(22)27/h2-11,15H,1H3,(H,20,27)(H,21,23)(H,25,26)/t11-,15+/m0/s1. The summed E-state index contributed by atoms with van der Waals surface area (Å²) in [6.45, 7) is 1.37. The molecule has 3 aromatic rings. The van der Waals surface area contributed by atoms with E-state index in [4.69, 9.17) is 0 Å². The van der Waals surface area contributed by atoms with Crippen LogP contribution in [0.25, 0.3) is 10.9 Å². The Balaban J connectivity index is 1.96. The molecule has 0 spiro atoms. The fourth-order valence-electron chi connectivity index (χ4n) is 2.84. The van der Waals surface area contributed by atoms with Gasteiger partial charge in [-0.1, -0.05) is 42.5 Å². The molecule has 0 saturated carbocycles. The van der Waals surface area contributed by atoms with Crippen LogP contribution < -0.4 is 16.6 Å². The number of hydrogen-bond acceptors (Lipinski definition) is 4. The predicted octanol–water partition coefficient (Wildman–Crippen LogP) is 1.19. The van der Waals surface area contributed by atoms with Gasteiger partial charge >= 0.3 is 11.7 Å². The van der Waals surface area contributed by atoms with Crippen molar-refractivity contribution in [1.29, 1.82) is 0 Å². The molecule has 0 aliphatic carbocycles. The lowest BCUT2D eigenvalue weighted by Gasteiger charge is -2.19. The van der Waals surface area contributed by atoms with Crippen LogP contribution in [-0.4, -0.2) is 26.5 Å². The van der Waals surface area contributed by atoms with E-state index in [1.165, 1.54) is 6.92 Å². The molecule has 8 nitrogen and oxygen atoms in total. The number of carbonyl (C=O) groups excluding carboxylic acids is 1. The molecule has 138 valence electrons. The third-order valence-corrected chi connectivity index (χ3v) is 4.27.